The third-order valence-electron chi connectivity index (χ3n) is 6.52. The number of aliphatic hydroxyl groups is 1. The maximum Gasteiger partial charge on any atom is 0.350 e. The largest absolute Gasteiger partial charge is 0.507 e. The molecule has 1 N–H and O–H groups in total. The van der Waals surface area contributed by atoms with E-state index in [-0.39, 0.29) is 27.9 Å². The first-order valence-electron chi connectivity index (χ1n) is 13.2. The maximum absolute atomic E-state index is 13.6. The van der Waals surface area contributed by atoms with Crippen LogP contribution >= 0.6 is 11.3 Å². The molecule has 0 radical (unpaired) electrons. The molecule has 0 saturated carbocycles. The zero-order valence-electron chi connectivity index (χ0n) is 23.6. The van der Waals surface area contributed by atoms with Gasteiger partial charge in [-0.15, -0.1) is 0 Å². The Balaban J connectivity index is 1.89. The highest BCUT2D eigenvalue weighted by Crippen LogP contribution is 2.47. The summed E-state index contributed by atoms with van der Waals surface area (Å²) < 4.78 is 21.9. The van der Waals surface area contributed by atoms with Crippen LogP contribution < -0.4 is 19.1 Å². The minimum absolute atomic E-state index is 0.0984. The lowest BCUT2D eigenvalue weighted by atomic mass is 9.94. The van der Waals surface area contributed by atoms with Crippen molar-refractivity contribution in [3.05, 3.63) is 69.7 Å². The van der Waals surface area contributed by atoms with Gasteiger partial charge >= 0.3 is 11.9 Å². The number of Topliss-reactive ketones (excluding diaryl/α,β-unsaturated/α-hetero) is 1. The SMILES string of the molecule is CCCCOc1ccc(/C(O)=C2\C(=O)C(=O)N(c3nc(C)c(C(=O)OCC)s3)C2c2cc(OC)ccc2OC)cc1. The molecular weight excluding hydrogens is 548 g/mol. The summed E-state index contributed by atoms with van der Waals surface area (Å²) in [5.41, 5.74) is 0.894. The molecule has 10 nitrogen and oxygen atoms in total. The molecule has 1 amide bonds. The summed E-state index contributed by atoms with van der Waals surface area (Å²) in [6, 6.07) is 10.4. The highest BCUT2D eigenvalue weighted by atomic mass is 32.1. The van der Waals surface area contributed by atoms with E-state index in [1.54, 1.807) is 56.3 Å². The molecule has 2 aromatic carbocycles. The molecule has 0 spiro atoms. The number of hydrogen-bond acceptors (Lipinski definition) is 10. The molecule has 1 aliphatic heterocycles. The van der Waals surface area contributed by atoms with Gasteiger partial charge in [-0.05, 0) is 62.7 Å². The number of carbonyl (C=O) groups is 3. The summed E-state index contributed by atoms with van der Waals surface area (Å²) in [4.78, 5) is 45.5. The van der Waals surface area contributed by atoms with Crippen molar-refractivity contribution in [3.63, 3.8) is 0 Å². The Morgan fingerprint density at radius 3 is 2.39 bits per heavy atom. The molecule has 1 unspecified atom stereocenters. The number of methoxy groups -OCH3 is 2. The number of unbranched alkanes of at least 4 members (excludes halogenated alkanes) is 1. The second kappa shape index (κ2) is 12.9. The Hall–Kier alpha value is -4.38. The van der Waals surface area contributed by atoms with Gasteiger partial charge in [-0.2, -0.15) is 0 Å². The Labute approximate surface area is 242 Å². The monoisotopic (exact) mass is 580 g/mol. The van der Waals surface area contributed by atoms with Gasteiger partial charge in [-0.25, -0.2) is 9.78 Å². The van der Waals surface area contributed by atoms with Crippen LogP contribution in [0.1, 0.15) is 59.2 Å². The number of rotatable bonds is 11. The summed E-state index contributed by atoms with van der Waals surface area (Å²) in [5.74, 6) is -1.36. The number of ketones is 1. The van der Waals surface area contributed by atoms with Crippen molar-refractivity contribution in [2.75, 3.05) is 32.3 Å². The van der Waals surface area contributed by atoms with Crippen LogP contribution in [0.15, 0.2) is 48.0 Å². The number of amides is 1. The van der Waals surface area contributed by atoms with Gasteiger partial charge in [0.15, 0.2) is 5.13 Å². The topological polar surface area (TPSA) is 124 Å². The van der Waals surface area contributed by atoms with E-state index in [2.05, 4.69) is 11.9 Å². The number of benzene rings is 2. The van der Waals surface area contributed by atoms with Crippen molar-refractivity contribution < 1.29 is 38.4 Å². The quantitative estimate of drug-likeness (QED) is 0.104. The van der Waals surface area contributed by atoms with Gasteiger partial charge < -0.3 is 24.1 Å². The minimum Gasteiger partial charge on any atom is -0.507 e. The number of aromatic nitrogens is 1. The van der Waals surface area contributed by atoms with E-state index in [0.29, 0.717) is 40.7 Å². The molecule has 0 aliphatic carbocycles. The van der Waals surface area contributed by atoms with Gasteiger partial charge in [0.2, 0.25) is 0 Å². The molecule has 3 aromatic rings. The van der Waals surface area contributed by atoms with Crippen molar-refractivity contribution in [2.24, 2.45) is 0 Å². The van der Waals surface area contributed by atoms with Crippen LogP contribution in [0.5, 0.6) is 17.2 Å². The zero-order chi connectivity index (χ0) is 29.7. The normalized spacial score (nSPS) is 16.1. The van der Waals surface area contributed by atoms with E-state index in [4.69, 9.17) is 18.9 Å². The van der Waals surface area contributed by atoms with Crippen LogP contribution in [0.25, 0.3) is 5.76 Å². The Morgan fingerprint density at radius 1 is 1.05 bits per heavy atom. The smallest absolute Gasteiger partial charge is 0.350 e. The average molecular weight is 581 g/mol. The lowest BCUT2D eigenvalue weighted by molar-refractivity contribution is -0.132. The molecule has 0 bridgehead atoms. The van der Waals surface area contributed by atoms with Crippen molar-refractivity contribution in [1.29, 1.82) is 0 Å². The number of esters is 1. The van der Waals surface area contributed by atoms with Gasteiger partial charge in [0.05, 0.1) is 38.7 Å². The molecule has 216 valence electrons. The molecular formula is C30H32N2O8S. The van der Waals surface area contributed by atoms with Gasteiger partial charge in [-0.3, -0.25) is 14.5 Å². The molecule has 4 rings (SSSR count). The predicted molar refractivity (Wildman–Crippen MR) is 154 cm³/mol. The second-order valence-electron chi connectivity index (χ2n) is 9.13. The van der Waals surface area contributed by atoms with E-state index in [1.165, 1.54) is 19.1 Å². The Morgan fingerprint density at radius 2 is 1.76 bits per heavy atom. The fourth-order valence-corrected chi connectivity index (χ4v) is 5.43. The summed E-state index contributed by atoms with van der Waals surface area (Å²) in [6.45, 7) is 6.10. The summed E-state index contributed by atoms with van der Waals surface area (Å²) in [5, 5.41) is 11.6. The van der Waals surface area contributed by atoms with Crippen LogP contribution in [0.4, 0.5) is 5.13 Å². The molecule has 1 atom stereocenters. The molecule has 1 aromatic heterocycles. The number of ether oxygens (including phenoxy) is 4. The molecule has 1 aliphatic rings. The summed E-state index contributed by atoms with van der Waals surface area (Å²) in [7, 11) is 2.95. The first-order valence-corrected chi connectivity index (χ1v) is 14.0. The van der Waals surface area contributed by atoms with Crippen LogP contribution in [0.2, 0.25) is 0 Å². The van der Waals surface area contributed by atoms with Crippen molar-refractivity contribution in [1.82, 2.24) is 4.98 Å². The minimum atomic E-state index is -1.14. The first-order chi connectivity index (χ1) is 19.7. The van der Waals surface area contributed by atoms with Crippen LogP contribution in [-0.4, -0.2) is 55.2 Å². The number of thiazole rings is 1. The lowest BCUT2D eigenvalue weighted by Gasteiger charge is -2.25. The number of carbonyl (C=O) groups excluding carboxylic acids is 3. The van der Waals surface area contributed by atoms with Crippen molar-refractivity contribution in [3.8, 4) is 17.2 Å². The van der Waals surface area contributed by atoms with E-state index in [0.717, 1.165) is 24.2 Å². The third-order valence-corrected chi connectivity index (χ3v) is 7.66. The Bertz CT molecular complexity index is 1480. The Kier molecular flexibility index (Phi) is 9.28. The van der Waals surface area contributed by atoms with E-state index < -0.39 is 23.7 Å². The number of hydrogen-bond donors (Lipinski definition) is 1. The highest BCUT2D eigenvalue weighted by Gasteiger charge is 2.49. The maximum atomic E-state index is 13.6. The number of nitrogens with zero attached hydrogens (tertiary/aromatic N) is 2. The summed E-state index contributed by atoms with van der Waals surface area (Å²) in [6.07, 6.45) is 1.90. The number of aliphatic hydroxyl groups excluding tert-OH is 1. The summed E-state index contributed by atoms with van der Waals surface area (Å²) >= 11 is 0.928. The van der Waals surface area contributed by atoms with Gasteiger partial charge in [-0.1, -0.05) is 24.7 Å². The second-order valence-corrected chi connectivity index (χ2v) is 10.1. The van der Waals surface area contributed by atoms with Crippen LogP contribution in [0, 0.1) is 6.92 Å². The molecule has 1 saturated heterocycles. The number of aryl methyl sites for hydroxylation is 1. The molecule has 11 heteroatoms. The van der Waals surface area contributed by atoms with Crippen LogP contribution in [-0.2, 0) is 14.3 Å². The average Bonchev–Trinajstić information content (AvgIpc) is 3.49. The molecule has 2 heterocycles. The van der Waals surface area contributed by atoms with Crippen LogP contribution in [0.3, 0.4) is 0 Å². The molecule has 41 heavy (non-hydrogen) atoms. The third kappa shape index (κ3) is 5.90. The van der Waals surface area contributed by atoms with E-state index in [1.807, 2.05) is 0 Å². The molecule has 1 fully saturated rings. The highest BCUT2D eigenvalue weighted by molar-refractivity contribution is 7.17. The van der Waals surface area contributed by atoms with Crippen molar-refractivity contribution in [2.45, 2.75) is 39.7 Å². The van der Waals surface area contributed by atoms with Gasteiger partial charge in [0.25, 0.3) is 5.78 Å². The van der Waals surface area contributed by atoms with E-state index >= 15 is 0 Å². The standard InChI is InChI=1S/C30H32N2O8S/c1-6-8-15-40-19-11-9-18(10-12-19)25(33)23-24(21-16-20(37-4)13-14-22(21)38-5)32(28(35)26(23)34)30-31-17(3)27(41-30)29(36)39-7-2/h9-14,16,24,33H,6-8,15H2,1-5H3/b25-23+. The zero-order valence-corrected chi connectivity index (χ0v) is 24.4. The predicted octanol–water partition coefficient (Wildman–Crippen LogP) is 5.45. The number of anilines is 1. The van der Waals surface area contributed by atoms with Crippen molar-refractivity contribution >= 4 is 39.9 Å². The van der Waals surface area contributed by atoms with Gasteiger partial charge in [0, 0.05) is 11.1 Å². The van der Waals surface area contributed by atoms with E-state index in [9.17, 15) is 19.5 Å². The fourth-order valence-electron chi connectivity index (χ4n) is 4.45. The first kappa shape index (κ1) is 29.6. The fraction of sp³-hybridized carbons (Fsp3) is 0.333. The lowest BCUT2D eigenvalue weighted by Crippen LogP contribution is -2.29. The van der Waals surface area contributed by atoms with Gasteiger partial charge in [0.1, 0.15) is 33.9 Å².